The minimum atomic E-state index is -0.487. The molecule has 0 saturated carbocycles. The molecule has 1 aromatic heterocycles. The van der Waals surface area contributed by atoms with E-state index in [9.17, 15) is 4.79 Å². The summed E-state index contributed by atoms with van der Waals surface area (Å²) in [4.78, 5) is 14.7. The monoisotopic (exact) mass is 213 g/mol. The normalized spacial score (nSPS) is 12.0. The Hall–Kier alpha value is -2.28. The highest BCUT2D eigenvalue weighted by molar-refractivity contribution is 5.98. The summed E-state index contributed by atoms with van der Waals surface area (Å²) in [6.45, 7) is 1.64. The topological polar surface area (TPSA) is 68.7 Å². The van der Waals surface area contributed by atoms with Gasteiger partial charge in [0.2, 0.25) is 0 Å². The molecule has 1 amide bonds. The molecule has 4 heteroatoms. The number of fused-ring (bicyclic) bond motifs is 1. The van der Waals surface area contributed by atoms with Crippen molar-refractivity contribution in [2.24, 2.45) is 0 Å². The van der Waals surface area contributed by atoms with E-state index in [1.807, 2.05) is 30.3 Å². The maximum atomic E-state index is 11.7. The third-order valence-corrected chi connectivity index (χ3v) is 2.32. The number of rotatable bonds is 2. The Morgan fingerprint density at radius 2 is 2.25 bits per heavy atom. The molecule has 0 radical (unpaired) electrons. The third-order valence-electron chi connectivity index (χ3n) is 2.32. The second-order valence-corrected chi connectivity index (χ2v) is 3.59. The highest BCUT2D eigenvalue weighted by Gasteiger charge is 2.11. The molecule has 2 rings (SSSR count). The van der Waals surface area contributed by atoms with Crippen LogP contribution in [0, 0.1) is 11.3 Å². The van der Waals surface area contributed by atoms with Gasteiger partial charge in [-0.15, -0.1) is 0 Å². The van der Waals surface area contributed by atoms with Crippen molar-refractivity contribution in [2.75, 3.05) is 0 Å². The maximum absolute atomic E-state index is 11.7. The van der Waals surface area contributed by atoms with Crippen LogP contribution >= 0.6 is 0 Å². The molecule has 16 heavy (non-hydrogen) atoms. The van der Waals surface area contributed by atoms with Gasteiger partial charge >= 0.3 is 0 Å². The summed E-state index contributed by atoms with van der Waals surface area (Å²) in [7, 11) is 0. The summed E-state index contributed by atoms with van der Waals surface area (Å²) in [5, 5.41) is 12.2. The number of nitrogens with one attached hydrogen (secondary N) is 2. The molecule has 0 aliphatic carbocycles. The van der Waals surface area contributed by atoms with Crippen molar-refractivity contribution in [3.05, 3.63) is 36.0 Å². The second-order valence-electron chi connectivity index (χ2n) is 3.59. The summed E-state index contributed by atoms with van der Waals surface area (Å²) >= 11 is 0. The van der Waals surface area contributed by atoms with Crippen LogP contribution in [0.3, 0.4) is 0 Å². The molecule has 80 valence electrons. The van der Waals surface area contributed by atoms with Gasteiger partial charge in [0.1, 0.15) is 11.7 Å². The molecule has 0 aliphatic rings. The van der Waals surface area contributed by atoms with Gasteiger partial charge < -0.3 is 10.3 Å². The van der Waals surface area contributed by atoms with E-state index in [1.54, 1.807) is 13.0 Å². The largest absolute Gasteiger partial charge is 0.351 e. The summed E-state index contributed by atoms with van der Waals surface area (Å²) in [6, 6.07) is 10.9. The van der Waals surface area contributed by atoms with Crippen LogP contribution in [-0.4, -0.2) is 16.9 Å². The van der Waals surface area contributed by atoms with Crippen molar-refractivity contribution in [1.29, 1.82) is 5.26 Å². The van der Waals surface area contributed by atoms with Crippen LogP contribution in [0.5, 0.6) is 0 Å². The fourth-order valence-corrected chi connectivity index (χ4v) is 1.50. The van der Waals surface area contributed by atoms with E-state index in [-0.39, 0.29) is 5.91 Å². The van der Waals surface area contributed by atoms with Crippen LogP contribution in [0.1, 0.15) is 17.4 Å². The van der Waals surface area contributed by atoms with E-state index >= 15 is 0 Å². The molecular formula is C12H11N3O. The Kier molecular flexibility index (Phi) is 2.61. The fourth-order valence-electron chi connectivity index (χ4n) is 1.50. The van der Waals surface area contributed by atoms with Gasteiger partial charge in [-0.1, -0.05) is 18.2 Å². The van der Waals surface area contributed by atoms with Crippen molar-refractivity contribution in [2.45, 2.75) is 13.0 Å². The predicted molar refractivity (Wildman–Crippen MR) is 60.8 cm³/mol. The van der Waals surface area contributed by atoms with Crippen molar-refractivity contribution in [1.82, 2.24) is 10.3 Å². The Balaban J connectivity index is 2.27. The molecule has 2 N–H and O–H groups in total. The maximum Gasteiger partial charge on any atom is 0.268 e. The van der Waals surface area contributed by atoms with Gasteiger partial charge in [-0.3, -0.25) is 4.79 Å². The zero-order chi connectivity index (χ0) is 11.5. The van der Waals surface area contributed by atoms with Crippen molar-refractivity contribution < 1.29 is 4.79 Å². The lowest BCUT2D eigenvalue weighted by Gasteiger charge is -2.03. The summed E-state index contributed by atoms with van der Waals surface area (Å²) in [5.41, 5.74) is 1.39. The van der Waals surface area contributed by atoms with E-state index in [0.29, 0.717) is 5.69 Å². The number of H-pyrrole nitrogens is 1. The lowest BCUT2D eigenvalue weighted by Crippen LogP contribution is -2.31. The predicted octanol–water partition coefficient (Wildman–Crippen LogP) is 1.81. The van der Waals surface area contributed by atoms with Crippen LogP contribution in [0.15, 0.2) is 30.3 Å². The highest BCUT2D eigenvalue weighted by atomic mass is 16.1. The molecular weight excluding hydrogens is 202 g/mol. The van der Waals surface area contributed by atoms with Gasteiger partial charge in [0.15, 0.2) is 0 Å². The average molecular weight is 213 g/mol. The van der Waals surface area contributed by atoms with E-state index in [0.717, 1.165) is 10.9 Å². The number of nitriles is 1. The molecule has 1 atom stereocenters. The number of aromatic amines is 1. The van der Waals surface area contributed by atoms with Crippen LogP contribution in [0.2, 0.25) is 0 Å². The Morgan fingerprint density at radius 1 is 1.50 bits per heavy atom. The van der Waals surface area contributed by atoms with Crippen LogP contribution in [0.25, 0.3) is 10.9 Å². The van der Waals surface area contributed by atoms with Crippen LogP contribution in [-0.2, 0) is 0 Å². The average Bonchev–Trinajstić information content (AvgIpc) is 2.72. The quantitative estimate of drug-likeness (QED) is 0.798. The number of para-hydroxylation sites is 1. The molecule has 0 saturated heterocycles. The fraction of sp³-hybridized carbons (Fsp3) is 0.167. The number of benzene rings is 1. The first kappa shape index (κ1) is 10.2. The first-order valence-corrected chi connectivity index (χ1v) is 4.99. The van der Waals surface area contributed by atoms with Crippen molar-refractivity contribution in [3.8, 4) is 6.07 Å². The van der Waals surface area contributed by atoms with Crippen LogP contribution in [0.4, 0.5) is 0 Å². The third kappa shape index (κ3) is 1.89. The molecule has 1 heterocycles. The molecule has 1 aromatic carbocycles. The minimum absolute atomic E-state index is 0.259. The molecule has 1 unspecified atom stereocenters. The van der Waals surface area contributed by atoms with E-state index in [4.69, 9.17) is 5.26 Å². The van der Waals surface area contributed by atoms with Gasteiger partial charge in [0.25, 0.3) is 5.91 Å². The highest BCUT2D eigenvalue weighted by Crippen LogP contribution is 2.14. The number of amides is 1. The Bertz CT molecular complexity index is 532. The molecule has 0 spiro atoms. The summed E-state index contributed by atoms with van der Waals surface area (Å²) in [5.74, 6) is -0.259. The smallest absolute Gasteiger partial charge is 0.268 e. The standard InChI is InChI=1S/C12H11N3O/c1-8(7-13)14-12(16)11-6-9-4-2-3-5-10(9)15-11/h2-6,8,15H,1H3,(H,14,16). The molecule has 4 nitrogen and oxygen atoms in total. The van der Waals surface area contributed by atoms with E-state index < -0.39 is 6.04 Å². The second kappa shape index (κ2) is 4.07. The van der Waals surface area contributed by atoms with Gasteiger partial charge in [0.05, 0.1) is 6.07 Å². The van der Waals surface area contributed by atoms with E-state index in [2.05, 4.69) is 10.3 Å². The van der Waals surface area contributed by atoms with Crippen molar-refractivity contribution in [3.63, 3.8) is 0 Å². The minimum Gasteiger partial charge on any atom is -0.351 e. The first-order chi connectivity index (χ1) is 7.70. The number of hydrogen-bond acceptors (Lipinski definition) is 2. The first-order valence-electron chi connectivity index (χ1n) is 4.99. The zero-order valence-electron chi connectivity index (χ0n) is 8.82. The summed E-state index contributed by atoms with van der Waals surface area (Å²) in [6.07, 6.45) is 0. The number of nitrogens with zero attached hydrogens (tertiary/aromatic N) is 1. The molecule has 0 bridgehead atoms. The van der Waals surface area contributed by atoms with Gasteiger partial charge in [0, 0.05) is 10.9 Å². The lowest BCUT2D eigenvalue weighted by atomic mass is 10.2. The van der Waals surface area contributed by atoms with Crippen molar-refractivity contribution >= 4 is 16.8 Å². The number of carbonyl (C=O) groups is 1. The Labute approximate surface area is 92.9 Å². The van der Waals surface area contributed by atoms with Crippen LogP contribution < -0.4 is 5.32 Å². The van der Waals surface area contributed by atoms with E-state index in [1.165, 1.54) is 0 Å². The number of carbonyl (C=O) groups excluding carboxylic acids is 1. The van der Waals surface area contributed by atoms with Gasteiger partial charge in [-0.05, 0) is 19.1 Å². The lowest BCUT2D eigenvalue weighted by molar-refractivity contribution is 0.0943. The van der Waals surface area contributed by atoms with Gasteiger partial charge in [-0.2, -0.15) is 5.26 Å². The molecule has 2 aromatic rings. The van der Waals surface area contributed by atoms with Gasteiger partial charge in [-0.25, -0.2) is 0 Å². The number of aromatic nitrogens is 1. The zero-order valence-corrected chi connectivity index (χ0v) is 8.82. The molecule has 0 aliphatic heterocycles. The SMILES string of the molecule is CC(C#N)NC(=O)c1cc2ccccc2[nH]1. The number of hydrogen-bond donors (Lipinski definition) is 2. The summed E-state index contributed by atoms with van der Waals surface area (Å²) < 4.78 is 0. The molecule has 0 fully saturated rings. The Morgan fingerprint density at radius 3 is 2.94 bits per heavy atom.